The Morgan fingerprint density at radius 2 is 1.80 bits per heavy atom. The highest BCUT2D eigenvalue weighted by Crippen LogP contribution is 2.57. The van der Waals surface area contributed by atoms with Gasteiger partial charge in [0.05, 0.1) is 22.6 Å². The van der Waals surface area contributed by atoms with E-state index in [1.807, 2.05) is 12.1 Å². The summed E-state index contributed by atoms with van der Waals surface area (Å²) in [7, 11) is 0. The minimum absolute atomic E-state index is 0.0645. The molecule has 154 valence electrons. The van der Waals surface area contributed by atoms with Gasteiger partial charge in [0.2, 0.25) is 0 Å². The molecule has 1 N–H and O–H groups in total. The fourth-order valence-electron chi connectivity index (χ4n) is 4.35. The monoisotopic (exact) mass is 407 g/mol. The van der Waals surface area contributed by atoms with Crippen LogP contribution in [0.2, 0.25) is 0 Å². The molecular weight excluding hydrogens is 385 g/mol. The van der Waals surface area contributed by atoms with Crippen molar-refractivity contribution in [3.8, 4) is 0 Å². The number of benzene rings is 1. The Kier molecular flexibility index (Phi) is 3.59. The molecular formula is C23H22FN3O3. The van der Waals surface area contributed by atoms with Gasteiger partial charge in [0.15, 0.2) is 0 Å². The summed E-state index contributed by atoms with van der Waals surface area (Å²) in [6, 6.07) is 9.40. The van der Waals surface area contributed by atoms with Crippen LogP contribution in [0.5, 0.6) is 0 Å². The summed E-state index contributed by atoms with van der Waals surface area (Å²) < 4.78 is 18.7. The molecule has 1 aliphatic heterocycles. The number of nitrogens with zero attached hydrogens (tertiary/aromatic N) is 2. The Bertz CT molecular complexity index is 1060. The van der Waals surface area contributed by atoms with Gasteiger partial charge in [-0.2, -0.15) is 0 Å². The largest absolute Gasteiger partial charge is 0.446 e. The van der Waals surface area contributed by atoms with Crippen molar-refractivity contribution in [3.05, 3.63) is 59.2 Å². The molecule has 1 spiro atoms. The first-order chi connectivity index (χ1) is 14.5. The molecule has 6 nitrogen and oxygen atoms in total. The van der Waals surface area contributed by atoms with E-state index in [0.29, 0.717) is 12.1 Å². The van der Waals surface area contributed by atoms with Crippen LogP contribution < -0.4 is 10.2 Å². The number of hydrogen-bond acceptors (Lipinski definition) is 4. The number of carbonyl (C=O) groups excluding carboxylic acids is 2. The van der Waals surface area contributed by atoms with Crippen molar-refractivity contribution in [1.82, 2.24) is 10.3 Å². The van der Waals surface area contributed by atoms with Gasteiger partial charge in [-0.25, -0.2) is 9.18 Å². The van der Waals surface area contributed by atoms with E-state index in [2.05, 4.69) is 5.32 Å². The number of fused-ring (bicyclic) bond motifs is 2. The molecule has 2 amide bonds. The molecule has 0 unspecified atom stereocenters. The number of anilines is 1. The van der Waals surface area contributed by atoms with E-state index in [4.69, 9.17) is 9.72 Å². The normalized spacial score (nSPS) is 21.8. The van der Waals surface area contributed by atoms with Gasteiger partial charge in [-0.1, -0.05) is 0 Å². The van der Waals surface area contributed by atoms with E-state index in [-0.39, 0.29) is 29.3 Å². The van der Waals surface area contributed by atoms with Crippen LogP contribution in [0.4, 0.5) is 14.9 Å². The molecule has 3 saturated carbocycles. The average Bonchev–Trinajstić information content (AvgIpc) is 3.60. The predicted molar refractivity (Wildman–Crippen MR) is 107 cm³/mol. The third-order valence-corrected chi connectivity index (χ3v) is 6.69. The summed E-state index contributed by atoms with van der Waals surface area (Å²) in [6.45, 7) is 0.624. The van der Waals surface area contributed by atoms with Crippen LogP contribution in [0.25, 0.3) is 0 Å². The summed E-state index contributed by atoms with van der Waals surface area (Å²) in [6.07, 6.45) is 5.34. The molecule has 3 fully saturated rings. The van der Waals surface area contributed by atoms with Crippen LogP contribution in [-0.2, 0) is 15.7 Å². The lowest BCUT2D eigenvalue weighted by molar-refractivity contribution is 0.0929. The molecule has 3 aliphatic carbocycles. The summed E-state index contributed by atoms with van der Waals surface area (Å²) in [5.41, 5.74) is 2.50. The van der Waals surface area contributed by atoms with Gasteiger partial charge in [-0.05, 0) is 74.9 Å². The predicted octanol–water partition coefficient (Wildman–Crippen LogP) is 3.79. The van der Waals surface area contributed by atoms with E-state index >= 15 is 0 Å². The number of nitrogens with one attached hydrogen (secondary N) is 1. The molecule has 30 heavy (non-hydrogen) atoms. The maximum absolute atomic E-state index is 13.2. The summed E-state index contributed by atoms with van der Waals surface area (Å²) in [4.78, 5) is 32.0. The van der Waals surface area contributed by atoms with Gasteiger partial charge in [0.1, 0.15) is 11.9 Å². The Morgan fingerprint density at radius 1 is 1.07 bits per heavy atom. The van der Waals surface area contributed by atoms with Crippen molar-refractivity contribution in [2.75, 3.05) is 11.4 Å². The third kappa shape index (κ3) is 2.87. The highest BCUT2D eigenvalue weighted by atomic mass is 19.1. The second kappa shape index (κ2) is 6.03. The van der Waals surface area contributed by atoms with Gasteiger partial charge in [-0.3, -0.25) is 14.7 Å². The second-order valence-electron chi connectivity index (χ2n) is 9.06. The number of aromatic nitrogens is 1. The van der Waals surface area contributed by atoms with Crippen molar-refractivity contribution in [2.45, 2.75) is 55.6 Å². The van der Waals surface area contributed by atoms with E-state index in [0.717, 1.165) is 55.6 Å². The first-order valence-corrected chi connectivity index (χ1v) is 10.6. The van der Waals surface area contributed by atoms with Crippen LogP contribution in [0.1, 0.15) is 60.3 Å². The van der Waals surface area contributed by atoms with Gasteiger partial charge in [-0.15, -0.1) is 0 Å². The topological polar surface area (TPSA) is 71.5 Å². The number of ether oxygens (including phenoxy) is 1. The second-order valence-corrected chi connectivity index (χ2v) is 9.06. The lowest BCUT2D eigenvalue weighted by Crippen LogP contribution is -2.35. The van der Waals surface area contributed by atoms with E-state index in [1.54, 1.807) is 4.90 Å². The number of carbonyl (C=O) groups is 2. The molecule has 7 heteroatoms. The fourth-order valence-corrected chi connectivity index (χ4v) is 4.35. The lowest BCUT2D eigenvalue weighted by atomic mass is 10.0. The zero-order valence-corrected chi connectivity index (χ0v) is 16.5. The van der Waals surface area contributed by atoms with Crippen molar-refractivity contribution in [3.63, 3.8) is 0 Å². The number of pyridine rings is 1. The molecule has 0 atom stereocenters. The summed E-state index contributed by atoms with van der Waals surface area (Å²) in [5.74, 6) is -0.599. The van der Waals surface area contributed by atoms with Crippen molar-refractivity contribution in [1.29, 1.82) is 0 Å². The smallest absolute Gasteiger partial charge is 0.414 e. The van der Waals surface area contributed by atoms with E-state index in [9.17, 15) is 14.0 Å². The van der Waals surface area contributed by atoms with Gasteiger partial charge in [0, 0.05) is 17.5 Å². The van der Waals surface area contributed by atoms with Crippen LogP contribution in [0.3, 0.4) is 0 Å². The Balaban J connectivity index is 1.27. The maximum Gasteiger partial charge on any atom is 0.414 e. The van der Waals surface area contributed by atoms with E-state index in [1.165, 1.54) is 24.3 Å². The fraction of sp³-hybridized carbons (Fsp3) is 0.435. The molecule has 0 bridgehead atoms. The Labute approximate surface area is 173 Å². The van der Waals surface area contributed by atoms with Gasteiger partial charge < -0.3 is 10.1 Å². The van der Waals surface area contributed by atoms with Crippen molar-refractivity contribution >= 4 is 17.7 Å². The van der Waals surface area contributed by atoms with Crippen molar-refractivity contribution in [2.24, 2.45) is 0 Å². The van der Waals surface area contributed by atoms with Crippen LogP contribution >= 0.6 is 0 Å². The summed E-state index contributed by atoms with van der Waals surface area (Å²) >= 11 is 0. The summed E-state index contributed by atoms with van der Waals surface area (Å²) in [5, 5.41) is 3.10. The minimum Gasteiger partial charge on any atom is -0.446 e. The maximum atomic E-state index is 13.2. The molecule has 0 saturated heterocycles. The Hall–Kier alpha value is -2.96. The molecule has 0 radical (unpaired) electrons. The molecule has 1 aromatic carbocycles. The van der Waals surface area contributed by atoms with Crippen LogP contribution in [0, 0.1) is 5.82 Å². The SMILES string of the molecule is O=C(NC1(c2ccc3c(n2)C2(CC2)CN3C(=O)OC2CC2)CC1)c1ccc(F)cc1. The van der Waals surface area contributed by atoms with Crippen LogP contribution in [-0.4, -0.2) is 29.6 Å². The highest BCUT2D eigenvalue weighted by molar-refractivity contribution is 5.95. The minimum atomic E-state index is -0.488. The quantitative estimate of drug-likeness (QED) is 0.837. The standard InChI is InChI=1S/C23H22FN3O3/c24-15-3-1-14(2-4-15)20(28)26-23(11-12-23)18-8-7-17-19(25-18)22(9-10-22)13-27(17)21(29)30-16-5-6-16/h1-4,7-8,16H,5-6,9-13H2,(H,26,28). The highest BCUT2D eigenvalue weighted by Gasteiger charge is 2.56. The van der Waals surface area contributed by atoms with E-state index < -0.39 is 5.54 Å². The number of halogens is 1. The number of hydrogen-bond donors (Lipinski definition) is 1. The molecule has 2 heterocycles. The molecule has 1 aromatic heterocycles. The Morgan fingerprint density at radius 3 is 2.43 bits per heavy atom. The first kappa shape index (κ1) is 17.9. The number of rotatable bonds is 4. The number of amides is 2. The molecule has 4 aliphatic rings. The average molecular weight is 407 g/mol. The zero-order valence-electron chi connectivity index (χ0n) is 16.5. The van der Waals surface area contributed by atoms with Crippen LogP contribution in [0.15, 0.2) is 36.4 Å². The first-order valence-electron chi connectivity index (χ1n) is 10.6. The zero-order chi connectivity index (χ0) is 20.5. The van der Waals surface area contributed by atoms with Crippen molar-refractivity contribution < 1.29 is 18.7 Å². The molecule has 6 rings (SSSR count). The lowest BCUT2D eigenvalue weighted by Gasteiger charge is -2.20. The van der Waals surface area contributed by atoms with Gasteiger partial charge in [0.25, 0.3) is 5.91 Å². The van der Waals surface area contributed by atoms with Gasteiger partial charge >= 0.3 is 6.09 Å². The third-order valence-electron chi connectivity index (χ3n) is 6.69. The molecule has 2 aromatic rings.